The number of hydrogen-bond donors (Lipinski definition) is 1. The molecule has 1 fully saturated rings. The summed E-state index contributed by atoms with van der Waals surface area (Å²) in [5.74, 6) is 0. The standard InChI is InChI=1S/C16H17N5O3S/c17-25(22,23)12-10-19-21(11-12)15-4-3-14(20-6-8-24-9-7-20)13-2-1-5-18-16(13)15/h1-5,10-11H,6-9H2,(H2,17,22,23). The molecule has 3 heterocycles. The smallest absolute Gasteiger partial charge is 0.241 e. The number of nitrogens with zero attached hydrogens (tertiary/aromatic N) is 4. The van der Waals surface area contributed by atoms with Crippen LogP contribution < -0.4 is 10.0 Å². The van der Waals surface area contributed by atoms with Crippen molar-refractivity contribution in [2.75, 3.05) is 31.2 Å². The molecular weight excluding hydrogens is 342 g/mol. The Morgan fingerprint density at radius 2 is 1.88 bits per heavy atom. The van der Waals surface area contributed by atoms with Gasteiger partial charge in [0.05, 0.1) is 36.8 Å². The maximum absolute atomic E-state index is 11.5. The molecule has 1 aromatic carbocycles. The molecule has 0 atom stereocenters. The first kappa shape index (κ1) is 16.0. The molecule has 0 spiro atoms. The second-order valence-corrected chi connectivity index (χ2v) is 7.33. The van der Waals surface area contributed by atoms with Gasteiger partial charge in [0, 0.05) is 30.4 Å². The van der Waals surface area contributed by atoms with E-state index in [1.807, 2.05) is 24.3 Å². The van der Waals surface area contributed by atoms with Crippen molar-refractivity contribution in [1.29, 1.82) is 0 Å². The summed E-state index contributed by atoms with van der Waals surface area (Å²) in [6.45, 7) is 3.03. The molecule has 1 aliphatic heterocycles. The lowest BCUT2D eigenvalue weighted by molar-refractivity contribution is 0.123. The summed E-state index contributed by atoms with van der Waals surface area (Å²) in [6.07, 6.45) is 4.34. The highest BCUT2D eigenvalue weighted by atomic mass is 32.2. The van der Waals surface area contributed by atoms with Crippen LogP contribution in [-0.2, 0) is 14.8 Å². The number of nitrogens with two attached hydrogens (primary N) is 1. The molecule has 130 valence electrons. The Balaban J connectivity index is 1.85. The van der Waals surface area contributed by atoms with E-state index >= 15 is 0 Å². The zero-order valence-corrected chi connectivity index (χ0v) is 14.2. The average molecular weight is 359 g/mol. The molecule has 0 amide bonds. The van der Waals surface area contributed by atoms with E-state index in [0.29, 0.717) is 18.9 Å². The number of primary sulfonamides is 1. The molecule has 4 rings (SSSR count). The third-order valence-electron chi connectivity index (χ3n) is 4.21. The van der Waals surface area contributed by atoms with Crippen molar-refractivity contribution in [2.24, 2.45) is 5.14 Å². The van der Waals surface area contributed by atoms with Gasteiger partial charge in [-0.2, -0.15) is 5.10 Å². The topological polar surface area (TPSA) is 103 Å². The third kappa shape index (κ3) is 2.97. The van der Waals surface area contributed by atoms with E-state index < -0.39 is 10.0 Å². The van der Waals surface area contributed by atoms with Gasteiger partial charge in [0.2, 0.25) is 10.0 Å². The molecule has 9 heteroatoms. The van der Waals surface area contributed by atoms with Gasteiger partial charge in [-0.3, -0.25) is 4.98 Å². The molecule has 25 heavy (non-hydrogen) atoms. The number of morpholine rings is 1. The number of sulfonamides is 1. The van der Waals surface area contributed by atoms with Crippen molar-refractivity contribution in [2.45, 2.75) is 4.90 Å². The van der Waals surface area contributed by atoms with E-state index in [-0.39, 0.29) is 4.90 Å². The Morgan fingerprint density at radius 3 is 2.60 bits per heavy atom. The normalized spacial score (nSPS) is 15.6. The summed E-state index contributed by atoms with van der Waals surface area (Å²) in [7, 11) is -3.79. The quantitative estimate of drug-likeness (QED) is 0.745. The average Bonchev–Trinajstić information content (AvgIpc) is 3.12. The summed E-state index contributed by atoms with van der Waals surface area (Å²) in [6, 6.07) is 7.78. The second kappa shape index (κ2) is 6.10. The molecule has 0 aliphatic carbocycles. The van der Waals surface area contributed by atoms with Crippen LogP contribution >= 0.6 is 0 Å². The molecule has 1 saturated heterocycles. The van der Waals surface area contributed by atoms with Crippen LogP contribution in [0.2, 0.25) is 0 Å². The number of anilines is 1. The second-order valence-electron chi connectivity index (χ2n) is 5.77. The van der Waals surface area contributed by atoms with Gasteiger partial charge in [0.25, 0.3) is 0 Å². The number of benzene rings is 1. The fourth-order valence-corrected chi connectivity index (χ4v) is 3.43. The van der Waals surface area contributed by atoms with Gasteiger partial charge >= 0.3 is 0 Å². The molecule has 8 nitrogen and oxygen atoms in total. The lowest BCUT2D eigenvalue weighted by Gasteiger charge is -2.30. The lowest BCUT2D eigenvalue weighted by atomic mass is 10.1. The van der Waals surface area contributed by atoms with Crippen LogP contribution in [0.4, 0.5) is 5.69 Å². The number of ether oxygens (including phenoxy) is 1. The number of pyridine rings is 1. The minimum absolute atomic E-state index is 0.0335. The van der Waals surface area contributed by atoms with E-state index in [1.54, 1.807) is 6.20 Å². The molecule has 2 aromatic heterocycles. The first-order chi connectivity index (χ1) is 12.0. The maximum Gasteiger partial charge on any atom is 0.241 e. The summed E-state index contributed by atoms with van der Waals surface area (Å²) in [5, 5.41) is 10.3. The molecule has 0 radical (unpaired) electrons. The Hall–Kier alpha value is -2.49. The minimum atomic E-state index is -3.79. The van der Waals surface area contributed by atoms with Crippen LogP contribution in [0.1, 0.15) is 0 Å². The van der Waals surface area contributed by atoms with Crippen molar-refractivity contribution < 1.29 is 13.2 Å². The van der Waals surface area contributed by atoms with Crippen LogP contribution in [0, 0.1) is 0 Å². The van der Waals surface area contributed by atoms with Gasteiger partial charge < -0.3 is 9.64 Å². The van der Waals surface area contributed by atoms with Gasteiger partial charge in [0.1, 0.15) is 4.90 Å². The van der Waals surface area contributed by atoms with Crippen LogP contribution in [0.3, 0.4) is 0 Å². The summed E-state index contributed by atoms with van der Waals surface area (Å²) >= 11 is 0. The van der Waals surface area contributed by atoms with Crippen molar-refractivity contribution in [1.82, 2.24) is 14.8 Å². The van der Waals surface area contributed by atoms with E-state index in [2.05, 4.69) is 15.0 Å². The van der Waals surface area contributed by atoms with E-state index in [1.165, 1.54) is 17.1 Å². The third-order valence-corrected chi connectivity index (χ3v) is 5.08. The summed E-state index contributed by atoms with van der Waals surface area (Å²) < 4.78 is 29.9. The fourth-order valence-electron chi connectivity index (χ4n) is 2.99. The van der Waals surface area contributed by atoms with Crippen LogP contribution in [0.25, 0.3) is 16.6 Å². The van der Waals surface area contributed by atoms with Crippen molar-refractivity contribution in [3.8, 4) is 5.69 Å². The molecule has 0 saturated carbocycles. The monoisotopic (exact) mass is 359 g/mol. The predicted octanol–water partition coefficient (Wildman–Crippen LogP) is 0.904. The zero-order chi connectivity index (χ0) is 17.4. The lowest BCUT2D eigenvalue weighted by Crippen LogP contribution is -2.36. The highest BCUT2D eigenvalue weighted by Gasteiger charge is 2.18. The van der Waals surface area contributed by atoms with E-state index in [0.717, 1.165) is 29.7 Å². The molecule has 0 unspecified atom stereocenters. The van der Waals surface area contributed by atoms with Gasteiger partial charge in [-0.1, -0.05) is 0 Å². The molecule has 1 aliphatic rings. The Morgan fingerprint density at radius 1 is 1.12 bits per heavy atom. The first-order valence-corrected chi connectivity index (χ1v) is 9.37. The summed E-state index contributed by atoms with van der Waals surface area (Å²) in [5.41, 5.74) is 2.52. The largest absolute Gasteiger partial charge is 0.378 e. The number of aromatic nitrogens is 3. The fraction of sp³-hybridized carbons (Fsp3) is 0.250. The van der Waals surface area contributed by atoms with Gasteiger partial charge in [-0.05, 0) is 24.3 Å². The first-order valence-electron chi connectivity index (χ1n) is 7.82. The van der Waals surface area contributed by atoms with Crippen LogP contribution in [0.5, 0.6) is 0 Å². The maximum atomic E-state index is 11.5. The predicted molar refractivity (Wildman–Crippen MR) is 93.3 cm³/mol. The SMILES string of the molecule is NS(=O)(=O)c1cnn(-c2ccc(N3CCOCC3)c3cccnc23)c1. The van der Waals surface area contributed by atoms with Crippen LogP contribution in [0.15, 0.2) is 47.8 Å². The van der Waals surface area contributed by atoms with Crippen LogP contribution in [-0.4, -0.2) is 49.5 Å². The molecule has 3 aromatic rings. The minimum Gasteiger partial charge on any atom is -0.378 e. The van der Waals surface area contributed by atoms with Crippen molar-refractivity contribution in [3.63, 3.8) is 0 Å². The van der Waals surface area contributed by atoms with Crippen molar-refractivity contribution in [3.05, 3.63) is 42.9 Å². The Labute approximate surface area is 144 Å². The molecule has 0 bridgehead atoms. The number of rotatable bonds is 3. The van der Waals surface area contributed by atoms with Gasteiger partial charge in [0.15, 0.2) is 0 Å². The van der Waals surface area contributed by atoms with E-state index in [4.69, 9.17) is 9.88 Å². The van der Waals surface area contributed by atoms with E-state index in [9.17, 15) is 8.42 Å². The number of fused-ring (bicyclic) bond motifs is 1. The summed E-state index contributed by atoms with van der Waals surface area (Å²) in [4.78, 5) is 6.71. The molecular formula is C16H17N5O3S. The zero-order valence-electron chi connectivity index (χ0n) is 13.4. The van der Waals surface area contributed by atoms with Gasteiger partial charge in [-0.15, -0.1) is 0 Å². The number of hydrogen-bond acceptors (Lipinski definition) is 6. The van der Waals surface area contributed by atoms with Gasteiger partial charge in [-0.25, -0.2) is 18.2 Å². The molecule has 2 N–H and O–H groups in total. The van der Waals surface area contributed by atoms with Crippen molar-refractivity contribution >= 4 is 26.6 Å². The highest BCUT2D eigenvalue weighted by molar-refractivity contribution is 7.89. The Kier molecular flexibility index (Phi) is 3.91. The highest BCUT2D eigenvalue weighted by Crippen LogP contribution is 2.30. The Bertz CT molecular complexity index is 1030.